The molecule has 96 valence electrons. The van der Waals surface area contributed by atoms with Gasteiger partial charge in [-0.05, 0) is 52.4 Å². The van der Waals surface area contributed by atoms with Crippen LogP contribution in [0.1, 0.15) is 32.4 Å². The quantitative estimate of drug-likeness (QED) is 0.836. The Bertz CT molecular complexity index is 329. The van der Waals surface area contributed by atoms with Crippen molar-refractivity contribution in [3.63, 3.8) is 0 Å². The Labute approximate surface area is 105 Å². The third-order valence-electron chi connectivity index (χ3n) is 3.85. The lowest BCUT2D eigenvalue weighted by molar-refractivity contribution is 0.145. The van der Waals surface area contributed by atoms with Gasteiger partial charge in [0.25, 0.3) is 0 Å². The van der Waals surface area contributed by atoms with E-state index >= 15 is 0 Å². The topological polar surface area (TPSA) is 31.1 Å². The fourth-order valence-corrected chi connectivity index (χ4v) is 2.72. The number of piperidine rings is 1. The van der Waals surface area contributed by atoms with Gasteiger partial charge in [0.1, 0.15) is 0 Å². The zero-order valence-corrected chi connectivity index (χ0v) is 11.3. The van der Waals surface area contributed by atoms with Gasteiger partial charge in [0, 0.05) is 36.4 Å². The minimum atomic E-state index is 0.295. The molecule has 1 aromatic heterocycles. The van der Waals surface area contributed by atoms with Gasteiger partial charge < -0.3 is 15.2 Å². The fourth-order valence-electron chi connectivity index (χ4n) is 2.72. The number of hydrogen-bond acceptors (Lipinski definition) is 2. The molecule has 2 N–H and O–H groups in total. The average Bonchev–Trinajstić information content (AvgIpc) is 2.77. The molecule has 0 aliphatic carbocycles. The van der Waals surface area contributed by atoms with E-state index in [2.05, 4.69) is 48.2 Å². The molecule has 1 saturated heterocycles. The van der Waals surface area contributed by atoms with Gasteiger partial charge in [-0.15, -0.1) is 0 Å². The predicted molar refractivity (Wildman–Crippen MR) is 72.2 cm³/mol. The van der Waals surface area contributed by atoms with Gasteiger partial charge in [0.05, 0.1) is 0 Å². The van der Waals surface area contributed by atoms with Crippen LogP contribution in [0.5, 0.6) is 0 Å². The first-order chi connectivity index (χ1) is 8.07. The molecule has 17 heavy (non-hydrogen) atoms. The molecule has 0 bridgehead atoms. The van der Waals surface area contributed by atoms with E-state index in [0.717, 1.165) is 25.6 Å². The predicted octanol–water partition coefficient (Wildman–Crippen LogP) is 2.02. The van der Waals surface area contributed by atoms with E-state index in [-0.39, 0.29) is 0 Å². The molecule has 0 amide bonds. The van der Waals surface area contributed by atoms with Crippen molar-refractivity contribution in [2.24, 2.45) is 0 Å². The maximum atomic E-state index is 3.58. The van der Waals surface area contributed by atoms with E-state index in [9.17, 15) is 0 Å². The summed E-state index contributed by atoms with van der Waals surface area (Å²) < 4.78 is 0. The molecular formula is C14H25N3. The second kappa shape index (κ2) is 5.23. The average molecular weight is 235 g/mol. The van der Waals surface area contributed by atoms with E-state index in [1.54, 1.807) is 0 Å². The van der Waals surface area contributed by atoms with E-state index in [4.69, 9.17) is 0 Å². The molecule has 3 nitrogen and oxygen atoms in total. The van der Waals surface area contributed by atoms with Crippen molar-refractivity contribution in [3.8, 4) is 0 Å². The Morgan fingerprint density at radius 2 is 2.29 bits per heavy atom. The molecule has 1 fully saturated rings. The van der Waals surface area contributed by atoms with Gasteiger partial charge in [0.15, 0.2) is 0 Å². The van der Waals surface area contributed by atoms with Crippen LogP contribution in [0.25, 0.3) is 0 Å². The largest absolute Gasteiger partial charge is 0.365 e. The highest BCUT2D eigenvalue weighted by molar-refractivity contribution is 5.04. The molecule has 1 aliphatic heterocycles. The number of nitrogens with one attached hydrogen (secondary N) is 2. The number of H-pyrrole nitrogens is 1. The van der Waals surface area contributed by atoms with Crippen LogP contribution in [-0.4, -0.2) is 41.6 Å². The Morgan fingerprint density at radius 3 is 2.94 bits per heavy atom. The normalized spacial score (nSPS) is 24.1. The van der Waals surface area contributed by atoms with Crippen LogP contribution in [0.4, 0.5) is 0 Å². The number of aromatic nitrogens is 1. The first-order valence-corrected chi connectivity index (χ1v) is 6.64. The molecule has 2 heterocycles. The van der Waals surface area contributed by atoms with E-state index in [1.165, 1.54) is 18.5 Å². The monoisotopic (exact) mass is 235 g/mol. The lowest BCUT2D eigenvalue weighted by Crippen LogP contribution is -2.52. The van der Waals surface area contributed by atoms with Crippen LogP contribution in [-0.2, 0) is 6.42 Å². The lowest BCUT2D eigenvalue weighted by atomic mass is 9.88. The standard InChI is InChI=1S/C14H25N3/c1-14(2)11-13(6-9-16-14)17(3)10-7-12-5-4-8-15-12/h4-5,8,13,15-16H,6-7,9-11H2,1-3H3. The molecule has 1 unspecified atom stereocenters. The van der Waals surface area contributed by atoms with Crippen LogP contribution in [0.2, 0.25) is 0 Å². The first kappa shape index (κ1) is 12.7. The zero-order chi connectivity index (χ0) is 12.3. The second-order valence-corrected chi connectivity index (χ2v) is 5.88. The number of rotatable bonds is 4. The summed E-state index contributed by atoms with van der Waals surface area (Å²) >= 11 is 0. The fraction of sp³-hybridized carbons (Fsp3) is 0.714. The summed E-state index contributed by atoms with van der Waals surface area (Å²) in [6.45, 7) is 6.89. The first-order valence-electron chi connectivity index (χ1n) is 6.64. The van der Waals surface area contributed by atoms with Crippen LogP contribution >= 0.6 is 0 Å². The summed E-state index contributed by atoms with van der Waals surface area (Å²) in [4.78, 5) is 5.79. The van der Waals surface area contributed by atoms with Crippen molar-refractivity contribution < 1.29 is 0 Å². The van der Waals surface area contributed by atoms with Gasteiger partial charge in [-0.3, -0.25) is 0 Å². The van der Waals surface area contributed by atoms with E-state index < -0.39 is 0 Å². The Hall–Kier alpha value is -0.800. The van der Waals surface area contributed by atoms with Crippen molar-refractivity contribution in [3.05, 3.63) is 24.0 Å². The van der Waals surface area contributed by atoms with Crippen molar-refractivity contribution in [2.45, 2.75) is 44.7 Å². The number of nitrogens with zero attached hydrogens (tertiary/aromatic N) is 1. The van der Waals surface area contributed by atoms with Crippen LogP contribution in [0.15, 0.2) is 18.3 Å². The van der Waals surface area contributed by atoms with Crippen LogP contribution < -0.4 is 5.32 Å². The molecule has 3 heteroatoms. The highest BCUT2D eigenvalue weighted by atomic mass is 15.1. The van der Waals surface area contributed by atoms with Gasteiger partial charge in [0.2, 0.25) is 0 Å². The summed E-state index contributed by atoms with van der Waals surface area (Å²) in [5.74, 6) is 0. The highest BCUT2D eigenvalue weighted by Crippen LogP contribution is 2.22. The molecule has 0 aromatic carbocycles. The van der Waals surface area contributed by atoms with Crippen LogP contribution in [0, 0.1) is 0 Å². The van der Waals surface area contributed by atoms with Gasteiger partial charge in [-0.2, -0.15) is 0 Å². The third kappa shape index (κ3) is 3.58. The van der Waals surface area contributed by atoms with Gasteiger partial charge in [-0.25, -0.2) is 0 Å². The second-order valence-electron chi connectivity index (χ2n) is 5.88. The molecule has 1 aliphatic rings. The zero-order valence-electron chi connectivity index (χ0n) is 11.3. The summed E-state index contributed by atoms with van der Waals surface area (Å²) in [5, 5.41) is 3.58. The van der Waals surface area contributed by atoms with Crippen LogP contribution in [0.3, 0.4) is 0 Å². The van der Waals surface area contributed by atoms with Gasteiger partial charge >= 0.3 is 0 Å². The van der Waals surface area contributed by atoms with E-state index in [1.807, 2.05) is 6.20 Å². The molecule has 1 atom stereocenters. The smallest absolute Gasteiger partial charge is 0.0159 e. The minimum absolute atomic E-state index is 0.295. The number of aromatic amines is 1. The SMILES string of the molecule is CN(CCc1ccc[nH]1)C1CCNC(C)(C)C1. The van der Waals surface area contributed by atoms with Crippen molar-refractivity contribution in [1.29, 1.82) is 0 Å². The lowest BCUT2D eigenvalue weighted by Gasteiger charge is -2.40. The van der Waals surface area contributed by atoms with Crippen molar-refractivity contribution in [1.82, 2.24) is 15.2 Å². The minimum Gasteiger partial charge on any atom is -0.365 e. The maximum absolute atomic E-state index is 3.58. The maximum Gasteiger partial charge on any atom is 0.0159 e. The Morgan fingerprint density at radius 1 is 1.47 bits per heavy atom. The van der Waals surface area contributed by atoms with E-state index in [0.29, 0.717) is 5.54 Å². The highest BCUT2D eigenvalue weighted by Gasteiger charge is 2.29. The summed E-state index contributed by atoms with van der Waals surface area (Å²) in [5.41, 5.74) is 1.63. The van der Waals surface area contributed by atoms with Gasteiger partial charge in [-0.1, -0.05) is 0 Å². The molecule has 0 radical (unpaired) electrons. The Kier molecular flexibility index (Phi) is 3.89. The molecule has 1 aromatic rings. The molecular weight excluding hydrogens is 210 g/mol. The summed E-state index contributed by atoms with van der Waals surface area (Å²) in [6.07, 6.45) is 5.63. The third-order valence-corrected chi connectivity index (χ3v) is 3.85. The number of likely N-dealkylation sites (N-methyl/N-ethyl adjacent to an activating group) is 1. The number of hydrogen-bond donors (Lipinski definition) is 2. The molecule has 0 spiro atoms. The van der Waals surface area contributed by atoms with Crippen molar-refractivity contribution >= 4 is 0 Å². The van der Waals surface area contributed by atoms with Crippen molar-refractivity contribution in [2.75, 3.05) is 20.1 Å². The Balaban J connectivity index is 1.81. The molecule has 2 rings (SSSR count). The summed E-state index contributed by atoms with van der Waals surface area (Å²) in [7, 11) is 2.26. The molecule has 0 saturated carbocycles. The summed E-state index contributed by atoms with van der Waals surface area (Å²) in [6, 6.07) is 4.96.